The first-order valence-electron chi connectivity index (χ1n) is 6.66. The first-order valence-corrected chi connectivity index (χ1v) is 7.74. The summed E-state index contributed by atoms with van der Waals surface area (Å²) in [4.78, 5) is 20.6. The van der Waals surface area contributed by atoms with Crippen molar-refractivity contribution in [3.63, 3.8) is 0 Å². The third kappa shape index (κ3) is 2.74. The van der Waals surface area contributed by atoms with E-state index >= 15 is 0 Å². The summed E-state index contributed by atoms with van der Waals surface area (Å²) >= 11 is 2.13. The van der Waals surface area contributed by atoms with Crippen molar-refractivity contribution in [1.29, 1.82) is 0 Å². The fourth-order valence-corrected chi connectivity index (χ4v) is 3.44. The highest BCUT2D eigenvalue weighted by Crippen LogP contribution is 2.25. The van der Waals surface area contributed by atoms with E-state index in [1.54, 1.807) is 0 Å². The molecule has 112 valence electrons. The van der Waals surface area contributed by atoms with Gasteiger partial charge in [0.05, 0.1) is 5.39 Å². The Morgan fingerprint density at radius 3 is 2.81 bits per heavy atom. The number of nitrogens with zero attached hydrogens (tertiary/aromatic N) is 5. The Morgan fingerprint density at radius 1 is 1.43 bits per heavy atom. The minimum atomic E-state index is -0.840. The molecule has 0 unspecified atom stereocenters. The number of nitrogens with two attached hydrogens (primary N) is 1. The van der Waals surface area contributed by atoms with Gasteiger partial charge in [0, 0.05) is 19.6 Å². The lowest BCUT2D eigenvalue weighted by Crippen LogP contribution is -2.38. The van der Waals surface area contributed by atoms with Crippen LogP contribution in [0.25, 0.3) is 11.0 Å². The minimum absolute atomic E-state index is 0.399. The SMILES string of the molecule is Nc1ncnc2c1c(I)nn2CC1CCN(C(=O)O)CC1. The summed E-state index contributed by atoms with van der Waals surface area (Å²) in [5, 5.41) is 14.2. The molecule has 21 heavy (non-hydrogen) atoms. The van der Waals surface area contributed by atoms with E-state index in [1.165, 1.54) is 11.2 Å². The van der Waals surface area contributed by atoms with Crippen molar-refractivity contribution in [2.75, 3.05) is 18.8 Å². The Hall–Kier alpha value is -1.65. The molecule has 0 atom stereocenters. The van der Waals surface area contributed by atoms with Gasteiger partial charge in [-0.15, -0.1) is 0 Å². The standard InChI is InChI=1S/C12H15IN6O2/c13-9-8-10(14)15-6-16-11(8)19(17-9)5-7-1-3-18(4-2-7)12(20)21/h6-7H,1-5H2,(H,20,21)(H2,14,15,16). The van der Waals surface area contributed by atoms with Crippen molar-refractivity contribution < 1.29 is 9.90 Å². The molecule has 1 aliphatic heterocycles. The molecule has 3 heterocycles. The zero-order chi connectivity index (χ0) is 15.0. The third-order valence-corrected chi connectivity index (χ3v) is 4.59. The van der Waals surface area contributed by atoms with Crippen molar-refractivity contribution in [1.82, 2.24) is 24.6 Å². The lowest BCUT2D eigenvalue weighted by molar-refractivity contribution is 0.121. The van der Waals surface area contributed by atoms with Crippen LogP contribution in [0.4, 0.5) is 10.6 Å². The van der Waals surface area contributed by atoms with Gasteiger partial charge in [0.15, 0.2) is 5.65 Å². The van der Waals surface area contributed by atoms with Gasteiger partial charge in [-0.3, -0.25) is 0 Å². The quantitative estimate of drug-likeness (QED) is 0.735. The van der Waals surface area contributed by atoms with E-state index in [-0.39, 0.29) is 0 Å². The summed E-state index contributed by atoms with van der Waals surface area (Å²) in [7, 11) is 0. The van der Waals surface area contributed by atoms with Crippen molar-refractivity contribution in [2.45, 2.75) is 19.4 Å². The summed E-state index contributed by atoms with van der Waals surface area (Å²) in [5.74, 6) is 0.840. The number of hydrogen-bond donors (Lipinski definition) is 2. The number of amides is 1. The zero-order valence-electron chi connectivity index (χ0n) is 11.2. The molecule has 1 aliphatic rings. The fourth-order valence-electron chi connectivity index (χ4n) is 2.67. The number of fused-ring (bicyclic) bond motifs is 1. The van der Waals surface area contributed by atoms with E-state index in [0.717, 1.165) is 34.1 Å². The van der Waals surface area contributed by atoms with Crippen LogP contribution >= 0.6 is 22.6 Å². The van der Waals surface area contributed by atoms with E-state index in [1.807, 2.05) is 4.68 Å². The van der Waals surface area contributed by atoms with Crippen LogP contribution in [0.15, 0.2) is 6.33 Å². The van der Waals surface area contributed by atoms with Gasteiger partial charge in [-0.2, -0.15) is 5.10 Å². The molecule has 0 spiro atoms. The highest BCUT2D eigenvalue weighted by molar-refractivity contribution is 14.1. The number of likely N-dealkylation sites (tertiary alicyclic amines) is 1. The molecule has 1 amide bonds. The van der Waals surface area contributed by atoms with Crippen LogP contribution in [0, 0.1) is 9.62 Å². The topological polar surface area (TPSA) is 110 Å². The summed E-state index contributed by atoms with van der Waals surface area (Å²) < 4.78 is 2.65. The molecule has 3 rings (SSSR count). The molecule has 1 saturated heterocycles. The first kappa shape index (κ1) is 14.3. The van der Waals surface area contributed by atoms with E-state index in [4.69, 9.17) is 10.8 Å². The molecular weight excluding hydrogens is 387 g/mol. The molecule has 0 aromatic carbocycles. The predicted molar refractivity (Wildman–Crippen MR) is 84.8 cm³/mol. The molecule has 9 heteroatoms. The third-order valence-electron chi connectivity index (χ3n) is 3.83. The number of piperidine rings is 1. The number of nitrogen functional groups attached to an aromatic ring is 1. The molecule has 8 nitrogen and oxygen atoms in total. The zero-order valence-corrected chi connectivity index (χ0v) is 13.4. The maximum atomic E-state index is 10.9. The van der Waals surface area contributed by atoms with Crippen molar-refractivity contribution in [2.24, 2.45) is 5.92 Å². The number of rotatable bonds is 2. The lowest BCUT2D eigenvalue weighted by Gasteiger charge is -2.29. The van der Waals surface area contributed by atoms with Crippen molar-refractivity contribution >= 4 is 45.5 Å². The molecule has 0 bridgehead atoms. The summed E-state index contributed by atoms with van der Waals surface area (Å²) in [6.07, 6.45) is 2.28. The van der Waals surface area contributed by atoms with Crippen molar-refractivity contribution in [3.05, 3.63) is 10.0 Å². The molecule has 3 N–H and O–H groups in total. The molecule has 0 saturated carbocycles. The first-order chi connectivity index (χ1) is 10.1. The van der Waals surface area contributed by atoms with Crippen LogP contribution in [0.3, 0.4) is 0 Å². The second kappa shape index (κ2) is 5.62. The average molecular weight is 402 g/mol. The van der Waals surface area contributed by atoms with Gasteiger partial charge in [-0.25, -0.2) is 19.4 Å². The number of hydrogen-bond acceptors (Lipinski definition) is 5. The van der Waals surface area contributed by atoms with Crippen LogP contribution < -0.4 is 5.73 Å². The van der Waals surface area contributed by atoms with Crippen LogP contribution in [-0.4, -0.2) is 48.9 Å². The number of halogens is 1. The maximum Gasteiger partial charge on any atom is 0.407 e. The fraction of sp³-hybridized carbons (Fsp3) is 0.500. The summed E-state index contributed by atoms with van der Waals surface area (Å²) in [6.45, 7) is 1.88. The second-order valence-corrected chi connectivity index (χ2v) is 6.17. The summed E-state index contributed by atoms with van der Waals surface area (Å²) in [5.41, 5.74) is 6.62. The van der Waals surface area contributed by atoms with Gasteiger partial charge in [-0.1, -0.05) is 0 Å². The van der Waals surface area contributed by atoms with E-state index in [2.05, 4.69) is 37.7 Å². The lowest BCUT2D eigenvalue weighted by atomic mass is 9.97. The van der Waals surface area contributed by atoms with Gasteiger partial charge in [0.1, 0.15) is 15.8 Å². The predicted octanol–water partition coefficient (Wildman–Crippen LogP) is 1.40. The highest BCUT2D eigenvalue weighted by Gasteiger charge is 2.24. The Kier molecular flexibility index (Phi) is 3.83. The smallest absolute Gasteiger partial charge is 0.407 e. The van der Waals surface area contributed by atoms with E-state index in [0.29, 0.717) is 24.8 Å². The number of anilines is 1. The van der Waals surface area contributed by atoms with Gasteiger partial charge >= 0.3 is 6.09 Å². The molecule has 2 aromatic heterocycles. The van der Waals surface area contributed by atoms with Gasteiger partial charge in [0.2, 0.25) is 0 Å². The highest BCUT2D eigenvalue weighted by atomic mass is 127. The van der Waals surface area contributed by atoms with Gasteiger partial charge in [0.25, 0.3) is 0 Å². The van der Waals surface area contributed by atoms with Gasteiger partial charge < -0.3 is 15.7 Å². The molecule has 0 aliphatic carbocycles. The molecule has 2 aromatic rings. The van der Waals surface area contributed by atoms with Crippen LogP contribution in [-0.2, 0) is 6.54 Å². The second-order valence-electron chi connectivity index (χ2n) is 5.14. The number of aromatic nitrogens is 4. The van der Waals surface area contributed by atoms with E-state index < -0.39 is 6.09 Å². The van der Waals surface area contributed by atoms with Crippen LogP contribution in [0.5, 0.6) is 0 Å². The minimum Gasteiger partial charge on any atom is -0.465 e. The molecular formula is C12H15IN6O2. The number of carboxylic acid groups (broad SMARTS) is 1. The van der Waals surface area contributed by atoms with Crippen LogP contribution in [0.1, 0.15) is 12.8 Å². The normalized spacial score (nSPS) is 16.5. The maximum absolute atomic E-state index is 10.9. The molecule has 1 fully saturated rings. The number of carbonyl (C=O) groups is 1. The Morgan fingerprint density at radius 2 is 2.14 bits per heavy atom. The Labute approximate surface area is 134 Å². The average Bonchev–Trinajstić information content (AvgIpc) is 2.77. The monoisotopic (exact) mass is 402 g/mol. The Bertz CT molecular complexity index is 680. The van der Waals surface area contributed by atoms with Crippen molar-refractivity contribution in [3.8, 4) is 0 Å². The molecule has 0 radical (unpaired) electrons. The van der Waals surface area contributed by atoms with Gasteiger partial charge in [-0.05, 0) is 41.4 Å². The van der Waals surface area contributed by atoms with Crippen LogP contribution in [0.2, 0.25) is 0 Å². The Balaban J connectivity index is 1.78. The summed E-state index contributed by atoms with van der Waals surface area (Å²) in [6, 6.07) is 0. The largest absolute Gasteiger partial charge is 0.465 e. The van der Waals surface area contributed by atoms with E-state index in [9.17, 15) is 4.79 Å².